The molecule has 4 nitrogen and oxygen atoms in total. The molecule has 0 radical (unpaired) electrons. The second kappa shape index (κ2) is 6.03. The molecular formula is C14H21NO3. The molecule has 2 N–H and O–H groups in total. The number of carboxylic acid groups (broad SMARTS) is 1. The van der Waals surface area contributed by atoms with Gasteiger partial charge < -0.3 is 10.4 Å². The van der Waals surface area contributed by atoms with Crippen LogP contribution in [0.3, 0.4) is 0 Å². The highest BCUT2D eigenvalue weighted by Gasteiger charge is 2.37. The summed E-state index contributed by atoms with van der Waals surface area (Å²) in [5.41, 5.74) is 0. The number of rotatable bonds is 4. The van der Waals surface area contributed by atoms with Crippen LogP contribution >= 0.6 is 0 Å². The molecule has 0 saturated heterocycles. The van der Waals surface area contributed by atoms with Crippen LogP contribution in [0.15, 0.2) is 12.2 Å². The molecular weight excluding hydrogens is 230 g/mol. The quantitative estimate of drug-likeness (QED) is 0.751. The highest BCUT2D eigenvalue weighted by atomic mass is 16.4. The lowest BCUT2D eigenvalue weighted by Crippen LogP contribution is -2.37. The maximum Gasteiger partial charge on any atom is 0.307 e. The van der Waals surface area contributed by atoms with E-state index in [1.54, 1.807) is 0 Å². The molecule has 2 rings (SSSR count). The van der Waals surface area contributed by atoms with Gasteiger partial charge >= 0.3 is 5.97 Å². The van der Waals surface area contributed by atoms with Crippen molar-refractivity contribution in [2.45, 2.75) is 38.5 Å². The summed E-state index contributed by atoms with van der Waals surface area (Å²) in [7, 11) is 0. The van der Waals surface area contributed by atoms with Gasteiger partial charge in [-0.25, -0.2) is 0 Å². The standard InChI is InChI=1S/C14H21NO3/c16-13(11-7-4-8-12(11)14(17)18)15-9-10-5-2-1-3-6-10/h1-2,10-12H,3-9H2,(H,15,16)(H,17,18). The van der Waals surface area contributed by atoms with Crippen LogP contribution in [0.5, 0.6) is 0 Å². The molecule has 4 heteroatoms. The van der Waals surface area contributed by atoms with E-state index in [9.17, 15) is 9.59 Å². The van der Waals surface area contributed by atoms with Gasteiger partial charge in [0.15, 0.2) is 0 Å². The molecule has 0 aromatic rings. The highest BCUT2D eigenvalue weighted by molar-refractivity contribution is 5.85. The number of nitrogens with one attached hydrogen (secondary N) is 1. The van der Waals surface area contributed by atoms with Gasteiger partial charge in [-0.05, 0) is 38.0 Å². The molecule has 0 spiro atoms. The van der Waals surface area contributed by atoms with Crippen LogP contribution < -0.4 is 5.32 Å². The van der Waals surface area contributed by atoms with Crippen molar-refractivity contribution in [3.63, 3.8) is 0 Å². The van der Waals surface area contributed by atoms with Crippen molar-refractivity contribution in [3.05, 3.63) is 12.2 Å². The molecule has 3 atom stereocenters. The smallest absolute Gasteiger partial charge is 0.307 e. The maximum atomic E-state index is 12.0. The first-order valence-corrected chi connectivity index (χ1v) is 6.84. The molecule has 2 aliphatic rings. The second-order valence-electron chi connectivity index (χ2n) is 5.38. The lowest BCUT2D eigenvalue weighted by atomic mass is 9.92. The second-order valence-corrected chi connectivity index (χ2v) is 5.38. The van der Waals surface area contributed by atoms with E-state index < -0.39 is 11.9 Å². The minimum Gasteiger partial charge on any atom is -0.481 e. The van der Waals surface area contributed by atoms with Crippen molar-refractivity contribution in [1.29, 1.82) is 0 Å². The van der Waals surface area contributed by atoms with Gasteiger partial charge in [0.1, 0.15) is 0 Å². The first-order chi connectivity index (χ1) is 8.68. The van der Waals surface area contributed by atoms with Crippen molar-refractivity contribution in [1.82, 2.24) is 5.32 Å². The van der Waals surface area contributed by atoms with Gasteiger partial charge in [0.05, 0.1) is 11.8 Å². The fraction of sp³-hybridized carbons (Fsp3) is 0.714. The van der Waals surface area contributed by atoms with E-state index in [0.29, 0.717) is 25.3 Å². The summed E-state index contributed by atoms with van der Waals surface area (Å²) in [5, 5.41) is 12.0. The van der Waals surface area contributed by atoms with Crippen LogP contribution in [0.4, 0.5) is 0 Å². The van der Waals surface area contributed by atoms with Crippen LogP contribution in [-0.2, 0) is 9.59 Å². The van der Waals surface area contributed by atoms with Gasteiger partial charge in [-0.1, -0.05) is 18.6 Å². The summed E-state index contributed by atoms with van der Waals surface area (Å²) in [5.74, 6) is -1.16. The molecule has 18 heavy (non-hydrogen) atoms. The van der Waals surface area contributed by atoms with Gasteiger partial charge in [0, 0.05) is 6.54 Å². The zero-order valence-electron chi connectivity index (χ0n) is 10.6. The van der Waals surface area contributed by atoms with E-state index in [4.69, 9.17) is 5.11 Å². The zero-order chi connectivity index (χ0) is 13.0. The number of allylic oxidation sites excluding steroid dienone is 2. The Morgan fingerprint density at radius 2 is 1.94 bits per heavy atom. The van der Waals surface area contributed by atoms with E-state index in [2.05, 4.69) is 17.5 Å². The lowest BCUT2D eigenvalue weighted by molar-refractivity contribution is -0.146. The molecule has 3 unspecified atom stereocenters. The van der Waals surface area contributed by atoms with Crippen molar-refractivity contribution >= 4 is 11.9 Å². The number of carbonyl (C=O) groups is 2. The normalized spacial score (nSPS) is 31.2. The van der Waals surface area contributed by atoms with Crippen molar-refractivity contribution in [2.75, 3.05) is 6.54 Å². The third-order valence-corrected chi connectivity index (χ3v) is 4.11. The van der Waals surface area contributed by atoms with E-state index in [0.717, 1.165) is 25.7 Å². The summed E-state index contributed by atoms with van der Waals surface area (Å²) in [4.78, 5) is 23.0. The van der Waals surface area contributed by atoms with Crippen LogP contribution in [0.1, 0.15) is 38.5 Å². The number of aliphatic carboxylic acids is 1. The predicted octanol–water partition coefficient (Wildman–Crippen LogP) is 1.96. The molecule has 1 amide bonds. The average Bonchev–Trinajstić information content (AvgIpc) is 2.86. The fourth-order valence-electron chi connectivity index (χ4n) is 2.99. The summed E-state index contributed by atoms with van der Waals surface area (Å²) in [6, 6.07) is 0. The molecule has 2 aliphatic carbocycles. The molecule has 1 saturated carbocycles. The van der Waals surface area contributed by atoms with Crippen LogP contribution in [0, 0.1) is 17.8 Å². The van der Waals surface area contributed by atoms with Gasteiger partial charge in [0.2, 0.25) is 5.91 Å². The Hall–Kier alpha value is -1.32. The van der Waals surface area contributed by atoms with Crippen LogP contribution in [0.2, 0.25) is 0 Å². The Labute approximate surface area is 107 Å². The predicted molar refractivity (Wildman–Crippen MR) is 68.0 cm³/mol. The minimum absolute atomic E-state index is 0.0607. The summed E-state index contributed by atoms with van der Waals surface area (Å²) < 4.78 is 0. The maximum absolute atomic E-state index is 12.0. The molecule has 1 fully saturated rings. The fourth-order valence-corrected chi connectivity index (χ4v) is 2.99. The van der Waals surface area contributed by atoms with Gasteiger partial charge in [-0.2, -0.15) is 0 Å². The zero-order valence-corrected chi connectivity index (χ0v) is 10.6. The number of carbonyl (C=O) groups excluding carboxylic acids is 1. The Balaban J connectivity index is 1.80. The SMILES string of the molecule is O=C(O)C1CCCC1C(=O)NCC1CC=CCC1. The summed E-state index contributed by atoms with van der Waals surface area (Å²) >= 11 is 0. The minimum atomic E-state index is -0.826. The first kappa shape index (κ1) is 13.1. The molecule has 0 aromatic carbocycles. The Morgan fingerprint density at radius 3 is 2.61 bits per heavy atom. The molecule has 0 aromatic heterocycles. The number of carboxylic acids is 1. The van der Waals surface area contributed by atoms with E-state index in [1.807, 2.05) is 0 Å². The topological polar surface area (TPSA) is 66.4 Å². The average molecular weight is 251 g/mol. The third-order valence-electron chi connectivity index (χ3n) is 4.11. The number of hydrogen-bond acceptors (Lipinski definition) is 2. The Bertz CT molecular complexity index is 351. The van der Waals surface area contributed by atoms with E-state index in [-0.39, 0.29) is 11.8 Å². The monoisotopic (exact) mass is 251 g/mol. The molecule has 0 bridgehead atoms. The van der Waals surface area contributed by atoms with Gasteiger partial charge in [0.25, 0.3) is 0 Å². The molecule has 0 heterocycles. The van der Waals surface area contributed by atoms with Crippen LogP contribution in [0.25, 0.3) is 0 Å². The molecule has 100 valence electrons. The largest absolute Gasteiger partial charge is 0.481 e. The van der Waals surface area contributed by atoms with Gasteiger partial charge in [-0.15, -0.1) is 0 Å². The number of hydrogen-bond donors (Lipinski definition) is 2. The van der Waals surface area contributed by atoms with Crippen molar-refractivity contribution < 1.29 is 14.7 Å². The van der Waals surface area contributed by atoms with Crippen LogP contribution in [-0.4, -0.2) is 23.5 Å². The lowest BCUT2D eigenvalue weighted by Gasteiger charge is -2.21. The van der Waals surface area contributed by atoms with Crippen molar-refractivity contribution in [3.8, 4) is 0 Å². The molecule has 0 aliphatic heterocycles. The summed E-state index contributed by atoms with van der Waals surface area (Å²) in [6.07, 6.45) is 9.76. The third kappa shape index (κ3) is 3.12. The number of amides is 1. The van der Waals surface area contributed by atoms with Crippen molar-refractivity contribution in [2.24, 2.45) is 17.8 Å². The van der Waals surface area contributed by atoms with E-state index >= 15 is 0 Å². The first-order valence-electron chi connectivity index (χ1n) is 6.84. The Morgan fingerprint density at radius 1 is 1.17 bits per heavy atom. The summed E-state index contributed by atoms with van der Waals surface area (Å²) in [6.45, 7) is 0.687. The highest BCUT2D eigenvalue weighted by Crippen LogP contribution is 2.32. The Kier molecular flexibility index (Phi) is 4.39. The van der Waals surface area contributed by atoms with Gasteiger partial charge in [-0.3, -0.25) is 9.59 Å². The van der Waals surface area contributed by atoms with E-state index in [1.165, 1.54) is 0 Å².